The number of halogens is 1. The van der Waals surface area contributed by atoms with Crippen molar-refractivity contribution in [2.75, 3.05) is 17.8 Å². The molecule has 2 heterocycles. The van der Waals surface area contributed by atoms with Gasteiger partial charge in [-0.15, -0.1) is 0 Å². The molecule has 1 aliphatic rings. The van der Waals surface area contributed by atoms with Gasteiger partial charge in [0.2, 0.25) is 5.91 Å². The highest BCUT2D eigenvalue weighted by atomic mass is 35.5. The van der Waals surface area contributed by atoms with Crippen LogP contribution in [0.2, 0.25) is 5.02 Å². The number of anilines is 1. The van der Waals surface area contributed by atoms with Gasteiger partial charge in [0, 0.05) is 42.1 Å². The molecule has 0 radical (unpaired) electrons. The Bertz CT molecular complexity index is 877. The third-order valence-electron chi connectivity index (χ3n) is 4.11. The minimum atomic E-state index is -3.84. The van der Waals surface area contributed by atoms with Gasteiger partial charge >= 0.3 is 0 Å². The Morgan fingerprint density at radius 1 is 1.22 bits per heavy atom. The van der Waals surface area contributed by atoms with Crippen LogP contribution in [0.1, 0.15) is 5.69 Å². The van der Waals surface area contributed by atoms with Gasteiger partial charge in [0.25, 0.3) is 10.0 Å². The number of pyridine rings is 1. The highest BCUT2D eigenvalue weighted by molar-refractivity contribution is 7.93. The average Bonchev–Trinajstić information content (AvgIpc) is 3.15. The van der Waals surface area contributed by atoms with Gasteiger partial charge in [-0.25, -0.2) is 13.8 Å². The number of hydrogen-bond donors (Lipinski definition) is 4. The molecule has 1 saturated heterocycles. The molecular weight excluding hydrogens is 390 g/mol. The summed E-state index contributed by atoms with van der Waals surface area (Å²) < 4.78 is 27.8. The van der Waals surface area contributed by atoms with Crippen molar-refractivity contribution in [2.24, 2.45) is 5.92 Å². The van der Waals surface area contributed by atoms with Crippen LogP contribution in [0.5, 0.6) is 0 Å². The van der Waals surface area contributed by atoms with E-state index in [1.165, 1.54) is 0 Å². The molecule has 1 aromatic heterocycles. The normalized spacial score (nSPS) is 19.6. The first-order chi connectivity index (χ1) is 13.0. The van der Waals surface area contributed by atoms with Crippen molar-refractivity contribution in [3.05, 3.63) is 59.4 Å². The van der Waals surface area contributed by atoms with E-state index in [-0.39, 0.29) is 12.5 Å². The summed E-state index contributed by atoms with van der Waals surface area (Å²) in [5, 5.41) is 2.19. The molecule has 0 spiro atoms. The minimum Gasteiger partial charge on any atom is -0.355 e. The summed E-state index contributed by atoms with van der Waals surface area (Å²) in [6.45, 7) is 0.589. The fourth-order valence-corrected chi connectivity index (χ4v) is 4.35. The molecule has 8 nitrogen and oxygen atoms in total. The number of aromatic nitrogens is 1. The molecule has 2 aromatic rings. The van der Waals surface area contributed by atoms with Gasteiger partial charge in [-0.05, 0) is 36.4 Å². The van der Waals surface area contributed by atoms with Gasteiger partial charge in [0.15, 0.2) is 5.37 Å². The number of sulfonamides is 1. The van der Waals surface area contributed by atoms with Crippen LogP contribution >= 0.6 is 11.6 Å². The Morgan fingerprint density at radius 2 is 2.00 bits per heavy atom. The van der Waals surface area contributed by atoms with Crippen molar-refractivity contribution >= 4 is 33.2 Å². The molecule has 1 amide bonds. The maximum atomic E-state index is 12.7. The molecule has 27 heavy (non-hydrogen) atoms. The maximum absolute atomic E-state index is 12.7. The summed E-state index contributed by atoms with van der Waals surface area (Å²) in [5.74, 6) is -1.10. The molecule has 10 heteroatoms. The van der Waals surface area contributed by atoms with E-state index in [1.54, 1.807) is 30.5 Å². The third-order valence-corrected chi connectivity index (χ3v) is 6.00. The van der Waals surface area contributed by atoms with E-state index in [2.05, 4.69) is 25.9 Å². The Balaban J connectivity index is 1.59. The van der Waals surface area contributed by atoms with Crippen molar-refractivity contribution in [3.63, 3.8) is 0 Å². The van der Waals surface area contributed by atoms with E-state index in [4.69, 9.17) is 11.6 Å². The molecule has 2 atom stereocenters. The highest BCUT2D eigenvalue weighted by Crippen LogP contribution is 2.20. The lowest BCUT2D eigenvalue weighted by Gasteiger charge is -2.19. The third kappa shape index (κ3) is 5.16. The van der Waals surface area contributed by atoms with Crippen LogP contribution in [0.15, 0.2) is 48.7 Å². The van der Waals surface area contributed by atoms with Gasteiger partial charge in [0.1, 0.15) is 0 Å². The summed E-state index contributed by atoms with van der Waals surface area (Å²) in [6, 6.07) is 11.9. The number of rotatable bonds is 7. The molecule has 0 aliphatic carbocycles. The largest absolute Gasteiger partial charge is 0.355 e. The fraction of sp³-hybridized carbons (Fsp3) is 0.294. The molecule has 0 bridgehead atoms. The Morgan fingerprint density at radius 3 is 2.70 bits per heavy atom. The lowest BCUT2D eigenvalue weighted by Crippen LogP contribution is -2.46. The number of carbonyl (C=O) groups excluding carboxylic acids is 1. The van der Waals surface area contributed by atoms with E-state index >= 15 is 0 Å². The number of hydrazine groups is 1. The highest BCUT2D eigenvalue weighted by Gasteiger charge is 2.41. The van der Waals surface area contributed by atoms with E-state index in [9.17, 15) is 13.2 Å². The molecule has 2 unspecified atom stereocenters. The lowest BCUT2D eigenvalue weighted by atomic mass is 10.1. The smallest absolute Gasteiger partial charge is 0.250 e. The minimum absolute atomic E-state index is 0.210. The second-order valence-electron chi connectivity index (χ2n) is 6.07. The van der Waals surface area contributed by atoms with Crippen LogP contribution in [-0.4, -0.2) is 37.8 Å². The lowest BCUT2D eigenvalue weighted by molar-refractivity contribution is -0.124. The van der Waals surface area contributed by atoms with E-state index in [1.807, 2.05) is 18.2 Å². The van der Waals surface area contributed by atoms with Crippen molar-refractivity contribution in [3.8, 4) is 0 Å². The van der Waals surface area contributed by atoms with Gasteiger partial charge in [-0.3, -0.25) is 19.9 Å². The zero-order valence-corrected chi connectivity index (χ0v) is 15.9. The number of carbonyl (C=O) groups is 1. The van der Waals surface area contributed by atoms with Crippen molar-refractivity contribution in [2.45, 2.75) is 11.8 Å². The summed E-state index contributed by atoms with van der Waals surface area (Å²) >= 11 is 5.81. The summed E-state index contributed by atoms with van der Waals surface area (Å²) in [6.07, 6.45) is 2.26. The molecule has 144 valence electrons. The summed E-state index contributed by atoms with van der Waals surface area (Å²) in [5.41, 5.74) is 6.65. The first-order valence-electron chi connectivity index (χ1n) is 8.39. The molecular formula is C17H20ClN5O3S. The Hall–Kier alpha value is -2.20. The Kier molecular flexibility index (Phi) is 6.27. The molecule has 1 fully saturated rings. The van der Waals surface area contributed by atoms with E-state index in [0.717, 1.165) is 5.69 Å². The van der Waals surface area contributed by atoms with Crippen molar-refractivity contribution in [1.82, 2.24) is 21.2 Å². The number of benzene rings is 1. The first kappa shape index (κ1) is 19.6. The van der Waals surface area contributed by atoms with Gasteiger partial charge in [-0.2, -0.15) is 0 Å². The quantitative estimate of drug-likeness (QED) is 0.540. The number of amides is 1. The Labute approximate surface area is 162 Å². The topological polar surface area (TPSA) is 112 Å². The number of nitrogens with one attached hydrogen (secondary N) is 4. The van der Waals surface area contributed by atoms with Crippen LogP contribution in [0.3, 0.4) is 0 Å². The molecule has 0 saturated carbocycles. The molecule has 1 aliphatic heterocycles. The fourth-order valence-electron chi connectivity index (χ4n) is 2.74. The van der Waals surface area contributed by atoms with Gasteiger partial charge in [-0.1, -0.05) is 17.7 Å². The summed E-state index contributed by atoms with van der Waals surface area (Å²) in [7, 11) is -3.84. The van der Waals surface area contributed by atoms with Crippen LogP contribution in [0.4, 0.5) is 5.69 Å². The van der Waals surface area contributed by atoms with Crippen LogP contribution in [-0.2, 0) is 21.2 Å². The van der Waals surface area contributed by atoms with Crippen LogP contribution < -0.4 is 20.9 Å². The molecule has 4 N–H and O–H groups in total. The van der Waals surface area contributed by atoms with Crippen LogP contribution in [0.25, 0.3) is 0 Å². The zero-order valence-electron chi connectivity index (χ0n) is 14.4. The standard InChI is InChI=1S/C17H20ClN5O3S/c18-12-4-6-14(7-5-12)23-27(25,26)17-15(11-21-22-17)16(24)20-10-8-13-3-1-2-9-19-13/h1-7,9,15,17,21-23H,8,10-11H2,(H,20,24). The summed E-state index contributed by atoms with van der Waals surface area (Å²) in [4.78, 5) is 16.7. The predicted molar refractivity (Wildman–Crippen MR) is 103 cm³/mol. The van der Waals surface area contributed by atoms with E-state index < -0.39 is 21.3 Å². The van der Waals surface area contributed by atoms with E-state index in [0.29, 0.717) is 23.7 Å². The van der Waals surface area contributed by atoms with Crippen LogP contribution in [0, 0.1) is 5.92 Å². The second kappa shape index (κ2) is 8.66. The van der Waals surface area contributed by atoms with Crippen molar-refractivity contribution in [1.29, 1.82) is 0 Å². The SMILES string of the molecule is O=C(NCCc1ccccn1)C1CNNC1S(=O)(=O)Nc1ccc(Cl)cc1. The first-order valence-corrected chi connectivity index (χ1v) is 10.3. The monoisotopic (exact) mass is 409 g/mol. The number of hydrogen-bond acceptors (Lipinski definition) is 6. The maximum Gasteiger partial charge on any atom is 0.250 e. The molecule has 3 rings (SSSR count). The number of nitrogens with zero attached hydrogens (tertiary/aromatic N) is 1. The van der Waals surface area contributed by atoms with Gasteiger partial charge < -0.3 is 5.32 Å². The zero-order chi connectivity index (χ0) is 19.3. The second-order valence-corrected chi connectivity index (χ2v) is 8.31. The van der Waals surface area contributed by atoms with Gasteiger partial charge in [0.05, 0.1) is 5.92 Å². The average molecular weight is 410 g/mol. The van der Waals surface area contributed by atoms with Crippen molar-refractivity contribution < 1.29 is 13.2 Å². The predicted octanol–water partition coefficient (Wildman–Crippen LogP) is 0.886. The molecule has 1 aromatic carbocycles.